The molecule has 2 rings (SSSR count). The molecule has 2 heterocycles. The number of hydrogen-bond acceptors (Lipinski definition) is 6. The van der Waals surface area contributed by atoms with Crippen molar-refractivity contribution >= 4 is 18.0 Å². The number of hydrogen-bond donors (Lipinski definition) is 4. The molecule has 1 aliphatic rings. The standard InChI is InChI=1S/C18H27N5O2/c1-23-10-2-3-15-4-5-16(22-18(15)23)6-8-20-12-14(11-19)13-21-9-7-17(24)25/h4-5,11-12,19-21H,2-3,6-10,13H2,1H3,(H,24,25)/b14-12+,19-11?. The maximum absolute atomic E-state index is 10.4. The van der Waals surface area contributed by atoms with E-state index in [1.807, 2.05) is 0 Å². The number of rotatable bonds is 10. The average molecular weight is 345 g/mol. The van der Waals surface area contributed by atoms with Crippen LogP contribution in [0.1, 0.15) is 24.1 Å². The Bertz CT molecular complexity index is 630. The zero-order valence-corrected chi connectivity index (χ0v) is 14.7. The van der Waals surface area contributed by atoms with Gasteiger partial charge in [-0.3, -0.25) is 4.79 Å². The summed E-state index contributed by atoms with van der Waals surface area (Å²) >= 11 is 0. The molecule has 0 saturated carbocycles. The van der Waals surface area contributed by atoms with Gasteiger partial charge >= 0.3 is 5.97 Å². The number of aliphatic carboxylic acids is 1. The summed E-state index contributed by atoms with van der Waals surface area (Å²) in [6.07, 6.45) is 6.25. The lowest BCUT2D eigenvalue weighted by Crippen LogP contribution is -2.26. The van der Waals surface area contributed by atoms with Gasteiger partial charge in [0.05, 0.1) is 6.42 Å². The summed E-state index contributed by atoms with van der Waals surface area (Å²) in [4.78, 5) is 17.4. The second-order valence-corrected chi connectivity index (χ2v) is 6.20. The first-order valence-electron chi connectivity index (χ1n) is 8.65. The van der Waals surface area contributed by atoms with Gasteiger partial charge in [-0.1, -0.05) is 6.07 Å². The Balaban J connectivity index is 1.76. The molecule has 0 spiro atoms. The van der Waals surface area contributed by atoms with E-state index in [-0.39, 0.29) is 6.42 Å². The highest BCUT2D eigenvalue weighted by atomic mass is 16.4. The van der Waals surface area contributed by atoms with Gasteiger partial charge in [0.25, 0.3) is 0 Å². The number of pyridine rings is 1. The van der Waals surface area contributed by atoms with Crippen LogP contribution in [0, 0.1) is 5.41 Å². The van der Waals surface area contributed by atoms with Crippen molar-refractivity contribution in [3.63, 3.8) is 0 Å². The average Bonchev–Trinajstić information content (AvgIpc) is 2.60. The predicted octanol–water partition coefficient (Wildman–Crippen LogP) is 1.19. The van der Waals surface area contributed by atoms with E-state index in [9.17, 15) is 4.79 Å². The van der Waals surface area contributed by atoms with Gasteiger partial charge in [0, 0.05) is 57.8 Å². The largest absolute Gasteiger partial charge is 0.481 e. The van der Waals surface area contributed by atoms with Gasteiger partial charge in [-0.2, -0.15) is 0 Å². The van der Waals surface area contributed by atoms with Crippen molar-refractivity contribution in [2.45, 2.75) is 25.7 Å². The molecule has 25 heavy (non-hydrogen) atoms. The van der Waals surface area contributed by atoms with Crippen LogP contribution in [-0.2, 0) is 17.6 Å². The summed E-state index contributed by atoms with van der Waals surface area (Å²) in [6, 6.07) is 4.27. The number of nitrogens with one attached hydrogen (secondary N) is 3. The molecule has 7 heteroatoms. The van der Waals surface area contributed by atoms with Gasteiger partial charge in [-0.05, 0) is 30.0 Å². The number of carbonyl (C=O) groups is 1. The summed E-state index contributed by atoms with van der Waals surface area (Å²) in [5.74, 6) is 0.274. The van der Waals surface area contributed by atoms with Crippen LogP contribution in [0.15, 0.2) is 23.9 Å². The van der Waals surface area contributed by atoms with Crippen molar-refractivity contribution < 1.29 is 9.90 Å². The molecule has 136 valence electrons. The molecular formula is C18H27N5O2. The molecule has 0 atom stereocenters. The summed E-state index contributed by atoms with van der Waals surface area (Å²) in [6.45, 7) is 2.67. The lowest BCUT2D eigenvalue weighted by Gasteiger charge is -2.26. The molecule has 0 saturated heterocycles. The number of carboxylic acid groups (broad SMARTS) is 1. The summed E-state index contributed by atoms with van der Waals surface area (Å²) in [5.41, 5.74) is 3.16. The molecule has 1 aliphatic heterocycles. The van der Waals surface area contributed by atoms with Crippen LogP contribution in [0.2, 0.25) is 0 Å². The van der Waals surface area contributed by atoms with Gasteiger partial charge in [0.1, 0.15) is 5.82 Å². The van der Waals surface area contributed by atoms with Crippen molar-refractivity contribution in [1.29, 1.82) is 5.41 Å². The minimum atomic E-state index is -0.825. The maximum atomic E-state index is 10.4. The van der Waals surface area contributed by atoms with Crippen molar-refractivity contribution in [1.82, 2.24) is 15.6 Å². The molecule has 0 aromatic carbocycles. The van der Waals surface area contributed by atoms with Gasteiger partial charge < -0.3 is 26.0 Å². The number of aryl methyl sites for hydroxylation is 1. The number of anilines is 1. The molecule has 1 aromatic rings. The van der Waals surface area contributed by atoms with E-state index >= 15 is 0 Å². The Kier molecular flexibility index (Phi) is 7.40. The highest BCUT2D eigenvalue weighted by Gasteiger charge is 2.15. The zero-order valence-electron chi connectivity index (χ0n) is 14.7. The highest BCUT2D eigenvalue weighted by Crippen LogP contribution is 2.23. The van der Waals surface area contributed by atoms with E-state index in [4.69, 9.17) is 15.5 Å². The zero-order chi connectivity index (χ0) is 18.1. The Morgan fingerprint density at radius 1 is 1.44 bits per heavy atom. The van der Waals surface area contributed by atoms with Crippen LogP contribution >= 0.6 is 0 Å². The SMILES string of the molecule is CN1CCCc2ccc(CCN/C=C(\C=N)CNCCC(=O)O)nc21. The van der Waals surface area contributed by atoms with E-state index in [0.29, 0.717) is 13.1 Å². The first-order chi connectivity index (χ1) is 12.1. The van der Waals surface area contributed by atoms with Gasteiger partial charge in [-0.25, -0.2) is 4.98 Å². The fraction of sp³-hybridized carbons (Fsp3) is 0.500. The minimum Gasteiger partial charge on any atom is -0.481 e. The number of carboxylic acids is 1. The highest BCUT2D eigenvalue weighted by molar-refractivity contribution is 5.76. The molecule has 0 aliphatic carbocycles. The third-order valence-electron chi connectivity index (χ3n) is 4.16. The second kappa shape index (κ2) is 9.78. The smallest absolute Gasteiger partial charge is 0.304 e. The summed E-state index contributed by atoms with van der Waals surface area (Å²) in [5, 5.41) is 22.2. The quantitative estimate of drug-likeness (QED) is 0.375. The van der Waals surface area contributed by atoms with Crippen molar-refractivity contribution in [3.8, 4) is 0 Å². The third kappa shape index (κ3) is 6.19. The van der Waals surface area contributed by atoms with E-state index in [0.717, 1.165) is 43.0 Å². The van der Waals surface area contributed by atoms with Crippen molar-refractivity contribution in [2.75, 3.05) is 38.1 Å². The van der Waals surface area contributed by atoms with Crippen molar-refractivity contribution in [2.24, 2.45) is 0 Å². The predicted molar refractivity (Wildman–Crippen MR) is 99.5 cm³/mol. The lowest BCUT2D eigenvalue weighted by atomic mass is 10.1. The fourth-order valence-corrected chi connectivity index (χ4v) is 2.77. The number of fused-ring (bicyclic) bond motifs is 1. The monoisotopic (exact) mass is 345 g/mol. The van der Waals surface area contributed by atoms with Crippen LogP contribution in [-0.4, -0.2) is 55.5 Å². The minimum absolute atomic E-state index is 0.0805. The first kappa shape index (κ1) is 18.9. The van der Waals surface area contributed by atoms with Gasteiger partial charge in [-0.15, -0.1) is 0 Å². The normalized spacial score (nSPS) is 14.1. The second-order valence-electron chi connectivity index (χ2n) is 6.20. The van der Waals surface area contributed by atoms with E-state index in [2.05, 4.69) is 34.7 Å². The first-order valence-corrected chi connectivity index (χ1v) is 8.65. The molecule has 7 nitrogen and oxygen atoms in total. The van der Waals surface area contributed by atoms with Crippen molar-refractivity contribution in [3.05, 3.63) is 35.2 Å². The molecule has 0 unspecified atom stereocenters. The number of aromatic nitrogens is 1. The van der Waals surface area contributed by atoms with Crippen LogP contribution in [0.3, 0.4) is 0 Å². The Labute approximate surface area is 148 Å². The van der Waals surface area contributed by atoms with Crippen LogP contribution < -0.4 is 15.5 Å². The molecular weight excluding hydrogens is 318 g/mol. The van der Waals surface area contributed by atoms with E-state index in [1.54, 1.807) is 6.20 Å². The van der Waals surface area contributed by atoms with Crippen LogP contribution in [0.25, 0.3) is 0 Å². The maximum Gasteiger partial charge on any atom is 0.304 e. The Morgan fingerprint density at radius 3 is 3.04 bits per heavy atom. The molecule has 1 aromatic heterocycles. The van der Waals surface area contributed by atoms with Gasteiger partial charge in [0.15, 0.2) is 0 Å². The Morgan fingerprint density at radius 2 is 2.28 bits per heavy atom. The third-order valence-corrected chi connectivity index (χ3v) is 4.16. The number of nitrogens with zero attached hydrogens (tertiary/aromatic N) is 2. The molecule has 0 bridgehead atoms. The van der Waals surface area contributed by atoms with Crippen LogP contribution in [0.5, 0.6) is 0 Å². The van der Waals surface area contributed by atoms with E-state index < -0.39 is 5.97 Å². The topological polar surface area (TPSA) is 101 Å². The lowest BCUT2D eigenvalue weighted by molar-refractivity contribution is -0.136. The van der Waals surface area contributed by atoms with Gasteiger partial charge in [0.2, 0.25) is 0 Å². The van der Waals surface area contributed by atoms with E-state index in [1.165, 1.54) is 18.2 Å². The molecule has 0 fully saturated rings. The summed E-state index contributed by atoms with van der Waals surface area (Å²) in [7, 11) is 2.09. The molecule has 0 radical (unpaired) electrons. The Hall–Kier alpha value is -2.41. The fourth-order valence-electron chi connectivity index (χ4n) is 2.77. The van der Waals surface area contributed by atoms with Crippen LogP contribution in [0.4, 0.5) is 5.82 Å². The summed E-state index contributed by atoms with van der Waals surface area (Å²) < 4.78 is 0. The molecule has 4 N–H and O–H groups in total. The molecule has 0 amide bonds.